The summed E-state index contributed by atoms with van der Waals surface area (Å²) in [5.41, 5.74) is 1.38. The van der Waals surface area contributed by atoms with Crippen molar-refractivity contribution in [2.75, 3.05) is 40.4 Å². The van der Waals surface area contributed by atoms with Crippen LogP contribution in [0.3, 0.4) is 0 Å². The van der Waals surface area contributed by atoms with Gasteiger partial charge >= 0.3 is 0 Å². The zero-order valence-electron chi connectivity index (χ0n) is 16.1. The fourth-order valence-electron chi connectivity index (χ4n) is 4.23. The number of nitriles is 1. The maximum absolute atomic E-state index is 13.0. The maximum atomic E-state index is 13.0. The number of carbonyl (C=O) groups is 1. The third-order valence-electron chi connectivity index (χ3n) is 5.66. The zero-order valence-corrected chi connectivity index (χ0v) is 16.9. The zero-order chi connectivity index (χ0) is 19.4. The van der Waals surface area contributed by atoms with E-state index in [0.717, 1.165) is 51.0 Å². The lowest BCUT2D eigenvalue weighted by Gasteiger charge is -2.41. The highest BCUT2D eigenvalue weighted by atomic mass is 32.2. The van der Waals surface area contributed by atoms with E-state index >= 15 is 0 Å². The van der Waals surface area contributed by atoms with Gasteiger partial charge in [-0.2, -0.15) is 5.26 Å². The molecule has 1 aromatic carbocycles. The Bertz CT molecular complexity index is 743. The molecule has 3 rings (SSSR count). The van der Waals surface area contributed by atoms with Crippen molar-refractivity contribution >= 4 is 23.5 Å². The molecule has 0 aromatic heterocycles. The normalized spacial score (nSPS) is 25.1. The van der Waals surface area contributed by atoms with E-state index in [1.165, 1.54) is 11.9 Å². The molecule has 1 radical (unpaired) electrons. The smallest absolute Gasteiger partial charge is 0.231 e. The van der Waals surface area contributed by atoms with Gasteiger partial charge in [-0.25, -0.2) is 3.89 Å². The van der Waals surface area contributed by atoms with E-state index in [1.54, 1.807) is 20.3 Å². The van der Waals surface area contributed by atoms with E-state index in [4.69, 9.17) is 9.47 Å². The molecule has 7 heteroatoms. The Kier molecular flexibility index (Phi) is 6.18. The number of amides is 1. The Morgan fingerprint density at radius 3 is 2.52 bits per heavy atom. The minimum atomic E-state index is -0.0364. The third kappa shape index (κ3) is 3.74. The van der Waals surface area contributed by atoms with Gasteiger partial charge in [0.15, 0.2) is 17.2 Å². The first-order valence-corrected chi connectivity index (χ1v) is 10.3. The van der Waals surface area contributed by atoms with Crippen molar-refractivity contribution in [3.8, 4) is 17.6 Å². The number of rotatable bonds is 5. The van der Waals surface area contributed by atoms with Crippen LogP contribution >= 0.6 is 11.9 Å². The highest BCUT2D eigenvalue weighted by Crippen LogP contribution is 2.44. The second kappa shape index (κ2) is 8.41. The van der Waals surface area contributed by atoms with Gasteiger partial charge in [0, 0.05) is 25.2 Å². The van der Waals surface area contributed by atoms with Crippen LogP contribution in [-0.2, 0) is 4.79 Å². The summed E-state index contributed by atoms with van der Waals surface area (Å²) in [5, 5.41) is 9.73. The molecule has 2 fully saturated rings. The molecule has 2 atom stereocenters. The summed E-state index contributed by atoms with van der Waals surface area (Å²) in [6.45, 7) is 3.22. The Labute approximate surface area is 165 Å². The fourth-order valence-corrected chi connectivity index (χ4v) is 5.06. The summed E-state index contributed by atoms with van der Waals surface area (Å²) < 4.78 is 11.3. The Balaban J connectivity index is 1.97. The average molecular weight is 390 g/mol. The molecule has 0 spiro atoms. The third-order valence-corrected chi connectivity index (χ3v) is 6.69. The van der Waals surface area contributed by atoms with Gasteiger partial charge in [0.1, 0.15) is 18.2 Å². The Hall–Kier alpha value is -1.91. The van der Waals surface area contributed by atoms with Crippen LogP contribution in [0.15, 0.2) is 12.1 Å². The van der Waals surface area contributed by atoms with Gasteiger partial charge < -0.3 is 14.4 Å². The topological polar surface area (TPSA) is 62.6 Å². The molecule has 0 saturated carbocycles. The highest BCUT2D eigenvalue weighted by molar-refractivity contribution is 7.99. The molecule has 145 valence electrons. The van der Waals surface area contributed by atoms with Gasteiger partial charge in [0.25, 0.3) is 0 Å². The summed E-state index contributed by atoms with van der Waals surface area (Å²) in [5.74, 6) is 1.34. The first-order valence-electron chi connectivity index (χ1n) is 9.35. The molecular weight excluding hydrogens is 362 g/mol. The lowest BCUT2D eigenvalue weighted by molar-refractivity contribution is -0.135. The van der Waals surface area contributed by atoms with Gasteiger partial charge in [0.2, 0.25) is 5.91 Å². The summed E-state index contributed by atoms with van der Waals surface area (Å²) in [7, 11) is 3.15. The number of quaternary nitrogens is 1. The minimum Gasteiger partial charge on any atom is -0.493 e. The van der Waals surface area contributed by atoms with E-state index in [1.807, 2.05) is 11.0 Å². The molecule has 2 aliphatic rings. The van der Waals surface area contributed by atoms with Crippen molar-refractivity contribution in [3.63, 3.8) is 0 Å². The largest absolute Gasteiger partial charge is 0.493 e. The molecular formula is C20H27N3O3S+. The molecule has 1 amide bonds. The summed E-state index contributed by atoms with van der Waals surface area (Å²) >= 11 is 1.44. The lowest BCUT2D eigenvalue weighted by atomic mass is 9.95. The van der Waals surface area contributed by atoms with Gasteiger partial charge in [0.05, 0.1) is 44.9 Å². The number of methoxy groups -OCH3 is 2. The molecule has 0 bridgehead atoms. The van der Waals surface area contributed by atoms with Crippen LogP contribution in [0.4, 0.5) is 5.69 Å². The van der Waals surface area contributed by atoms with Crippen molar-refractivity contribution < 1.29 is 14.3 Å². The number of carbonyl (C=O) groups excluding carboxylic acids is 1. The molecule has 2 saturated heterocycles. The van der Waals surface area contributed by atoms with E-state index in [9.17, 15) is 10.1 Å². The van der Waals surface area contributed by atoms with Crippen molar-refractivity contribution in [2.24, 2.45) is 5.92 Å². The van der Waals surface area contributed by atoms with Gasteiger partial charge in [-0.05, 0) is 25.7 Å². The summed E-state index contributed by atoms with van der Waals surface area (Å²) in [4.78, 5) is 15.0. The van der Waals surface area contributed by atoms with Crippen molar-refractivity contribution in [3.05, 3.63) is 24.0 Å². The number of ether oxygens (including phenoxy) is 2. The summed E-state index contributed by atoms with van der Waals surface area (Å²) in [6, 6.07) is 5.88. The maximum Gasteiger partial charge on any atom is 0.231 e. The number of hydrogen-bond donors (Lipinski definition) is 0. The number of nitrogens with zero attached hydrogens (tertiary/aromatic N) is 3. The van der Waals surface area contributed by atoms with Crippen LogP contribution in [-0.4, -0.2) is 51.2 Å². The predicted octanol–water partition coefficient (Wildman–Crippen LogP) is 3.35. The highest BCUT2D eigenvalue weighted by Gasteiger charge is 2.43. The molecule has 0 N–H and O–H groups in total. The number of piperidine rings is 1. The standard InChI is InChI=1S/C20H27N3O3S/c1-25-18-11-16(13-21)17(12-19(18)26-2)23(27-3)10-6-7-15(14-23)20(24)22-8-4-5-9-22/h11-12,15H,3-10,14H2,1-2H3/q+1. The van der Waals surface area contributed by atoms with Crippen LogP contribution in [0.5, 0.6) is 11.5 Å². The first kappa shape index (κ1) is 19.8. The monoisotopic (exact) mass is 389 g/mol. The Morgan fingerprint density at radius 2 is 1.93 bits per heavy atom. The van der Waals surface area contributed by atoms with Crippen molar-refractivity contribution in [2.45, 2.75) is 25.7 Å². The van der Waals surface area contributed by atoms with Crippen molar-refractivity contribution in [1.29, 1.82) is 5.26 Å². The van der Waals surface area contributed by atoms with Crippen molar-refractivity contribution in [1.82, 2.24) is 8.79 Å². The van der Waals surface area contributed by atoms with Crippen LogP contribution < -0.4 is 13.4 Å². The molecule has 2 heterocycles. The second-order valence-corrected chi connectivity index (χ2v) is 8.09. The number of likely N-dealkylation sites (tertiary alicyclic amines) is 1. The molecule has 2 unspecified atom stereocenters. The van der Waals surface area contributed by atoms with E-state index < -0.39 is 0 Å². The molecule has 6 nitrogen and oxygen atoms in total. The van der Waals surface area contributed by atoms with Crippen LogP contribution in [0.2, 0.25) is 0 Å². The predicted molar refractivity (Wildman–Crippen MR) is 107 cm³/mol. The minimum absolute atomic E-state index is 0.0364. The average Bonchev–Trinajstić information content (AvgIpc) is 3.26. The van der Waals surface area contributed by atoms with E-state index in [2.05, 4.69) is 12.3 Å². The summed E-state index contributed by atoms with van der Waals surface area (Å²) in [6.07, 6.45) is 8.11. The Morgan fingerprint density at radius 1 is 1.26 bits per heavy atom. The molecule has 27 heavy (non-hydrogen) atoms. The van der Waals surface area contributed by atoms with Gasteiger partial charge in [-0.15, -0.1) is 0 Å². The van der Waals surface area contributed by atoms with Crippen LogP contribution in [0.1, 0.15) is 31.2 Å². The van der Waals surface area contributed by atoms with Gasteiger partial charge in [-0.3, -0.25) is 4.79 Å². The van der Waals surface area contributed by atoms with E-state index in [-0.39, 0.29) is 11.8 Å². The van der Waals surface area contributed by atoms with Gasteiger partial charge in [-0.1, -0.05) is 0 Å². The van der Waals surface area contributed by atoms with Crippen LogP contribution in [0.25, 0.3) is 0 Å². The molecule has 0 aliphatic carbocycles. The first-order chi connectivity index (χ1) is 13.1. The molecule has 1 aromatic rings. The quantitative estimate of drug-likeness (QED) is 0.571. The second-order valence-electron chi connectivity index (χ2n) is 7.13. The van der Waals surface area contributed by atoms with Crippen LogP contribution in [0, 0.1) is 23.5 Å². The lowest BCUT2D eigenvalue weighted by Crippen LogP contribution is -2.53. The van der Waals surface area contributed by atoms with E-state index in [0.29, 0.717) is 27.5 Å². The number of hydrogen-bond acceptors (Lipinski definition) is 5. The number of benzene rings is 1. The SMILES string of the molecule is [CH2]S[N+]1(c2cc(OC)c(OC)cc2C#N)CCCC(C(=O)N2CCCC2)C1. The molecule has 2 aliphatic heterocycles. The fraction of sp³-hybridized carbons (Fsp3) is 0.550.